The summed E-state index contributed by atoms with van der Waals surface area (Å²) in [5, 5.41) is 4.68. The average molecular weight is 314 g/mol. The lowest BCUT2D eigenvalue weighted by Gasteiger charge is -2.13. The summed E-state index contributed by atoms with van der Waals surface area (Å²) in [5.41, 5.74) is 0.797. The fourth-order valence-corrected chi connectivity index (χ4v) is 2.34. The molecule has 106 valence electrons. The van der Waals surface area contributed by atoms with Gasteiger partial charge in [-0.1, -0.05) is 34.4 Å². The molecule has 0 aliphatic rings. The number of carbonyl (C=O) groups excluding carboxylic acids is 1. The van der Waals surface area contributed by atoms with Gasteiger partial charge in [0.2, 0.25) is 0 Å². The maximum absolute atomic E-state index is 12.0. The first-order valence-corrected chi connectivity index (χ1v) is 6.88. The number of ether oxygens (including phenoxy) is 1. The molecule has 6 heteroatoms. The molecule has 0 bridgehead atoms. The van der Waals surface area contributed by atoms with Gasteiger partial charge in [0.15, 0.2) is 5.76 Å². The molecule has 1 atom stereocenters. The van der Waals surface area contributed by atoms with E-state index in [0.29, 0.717) is 28.8 Å². The largest absolute Gasteiger partial charge is 0.465 e. The summed E-state index contributed by atoms with van der Waals surface area (Å²) in [6.45, 7) is 2.06. The van der Waals surface area contributed by atoms with E-state index in [9.17, 15) is 4.79 Å². The van der Waals surface area contributed by atoms with Gasteiger partial charge in [0.1, 0.15) is 5.92 Å². The smallest absolute Gasteiger partial charge is 0.317 e. The number of halogens is 2. The van der Waals surface area contributed by atoms with E-state index >= 15 is 0 Å². The van der Waals surface area contributed by atoms with E-state index in [1.54, 1.807) is 31.2 Å². The first kappa shape index (κ1) is 14.9. The van der Waals surface area contributed by atoms with Gasteiger partial charge in [0.25, 0.3) is 0 Å². The van der Waals surface area contributed by atoms with Gasteiger partial charge < -0.3 is 9.26 Å². The van der Waals surface area contributed by atoms with Crippen molar-refractivity contribution in [3.05, 3.63) is 51.8 Å². The maximum atomic E-state index is 12.0. The Labute approximate surface area is 126 Å². The Kier molecular flexibility index (Phi) is 5.04. The molecular weight excluding hydrogens is 301 g/mol. The van der Waals surface area contributed by atoms with Crippen LogP contribution in [0.3, 0.4) is 0 Å². The van der Waals surface area contributed by atoms with Crippen LogP contribution in [-0.2, 0) is 16.0 Å². The van der Waals surface area contributed by atoms with Crippen molar-refractivity contribution < 1.29 is 14.1 Å². The summed E-state index contributed by atoms with van der Waals surface area (Å²) in [5.74, 6) is -0.485. The predicted molar refractivity (Wildman–Crippen MR) is 76.0 cm³/mol. The van der Waals surface area contributed by atoms with Crippen molar-refractivity contribution in [3.8, 4) is 0 Å². The zero-order chi connectivity index (χ0) is 14.5. The molecule has 1 aromatic heterocycles. The molecule has 1 heterocycles. The first-order chi connectivity index (χ1) is 9.61. The SMILES string of the molecule is CCOC(=O)[C@H](Cc1ccc(Cl)cc1Cl)c1ccno1. The van der Waals surface area contributed by atoms with Crippen LogP contribution in [0.4, 0.5) is 0 Å². The lowest BCUT2D eigenvalue weighted by Crippen LogP contribution is -2.18. The topological polar surface area (TPSA) is 52.3 Å². The molecule has 2 aromatic rings. The minimum absolute atomic E-state index is 0.303. The number of benzene rings is 1. The van der Waals surface area contributed by atoms with Crippen LogP contribution in [0.2, 0.25) is 10.0 Å². The number of hydrogen-bond donors (Lipinski definition) is 0. The van der Waals surface area contributed by atoms with Crippen LogP contribution in [0, 0.1) is 0 Å². The molecule has 0 saturated heterocycles. The van der Waals surface area contributed by atoms with Crippen molar-refractivity contribution in [3.63, 3.8) is 0 Å². The van der Waals surface area contributed by atoms with E-state index in [0.717, 1.165) is 5.56 Å². The Bertz CT molecular complexity index is 584. The zero-order valence-electron chi connectivity index (χ0n) is 10.8. The van der Waals surface area contributed by atoms with Gasteiger partial charge in [-0.25, -0.2) is 0 Å². The molecule has 0 saturated carbocycles. The summed E-state index contributed by atoms with van der Waals surface area (Å²) < 4.78 is 10.1. The van der Waals surface area contributed by atoms with Crippen LogP contribution in [0.5, 0.6) is 0 Å². The van der Waals surface area contributed by atoms with E-state index < -0.39 is 5.92 Å². The van der Waals surface area contributed by atoms with E-state index in [2.05, 4.69) is 5.16 Å². The fraction of sp³-hybridized carbons (Fsp3) is 0.286. The van der Waals surface area contributed by atoms with Crippen molar-refractivity contribution in [1.29, 1.82) is 0 Å². The minimum atomic E-state index is -0.573. The molecule has 0 spiro atoms. The van der Waals surface area contributed by atoms with Gasteiger partial charge in [-0.05, 0) is 31.0 Å². The van der Waals surface area contributed by atoms with Crippen LogP contribution in [-0.4, -0.2) is 17.7 Å². The van der Waals surface area contributed by atoms with E-state index in [1.807, 2.05) is 0 Å². The lowest BCUT2D eigenvalue weighted by atomic mass is 9.97. The number of nitrogens with zero attached hydrogens (tertiary/aromatic N) is 1. The van der Waals surface area contributed by atoms with Crippen molar-refractivity contribution in [1.82, 2.24) is 5.16 Å². The molecular formula is C14H13Cl2NO3. The van der Waals surface area contributed by atoms with E-state index in [4.69, 9.17) is 32.5 Å². The summed E-state index contributed by atoms with van der Waals surface area (Å²) in [7, 11) is 0. The molecule has 0 unspecified atom stereocenters. The third kappa shape index (κ3) is 3.52. The molecule has 2 rings (SSSR count). The van der Waals surface area contributed by atoms with Gasteiger partial charge in [-0.3, -0.25) is 4.79 Å². The molecule has 20 heavy (non-hydrogen) atoms. The van der Waals surface area contributed by atoms with Gasteiger partial charge in [0.05, 0.1) is 12.8 Å². The Morgan fingerprint density at radius 1 is 1.40 bits per heavy atom. The summed E-state index contributed by atoms with van der Waals surface area (Å²) >= 11 is 12.0. The third-order valence-electron chi connectivity index (χ3n) is 2.81. The van der Waals surface area contributed by atoms with Crippen molar-refractivity contribution in [2.75, 3.05) is 6.61 Å². The standard InChI is InChI=1S/C14H13Cl2NO3/c1-2-19-14(18)11(13-5-6-17-20-13)7-9-3-4-10(15)8-12(9)16/h3-6,8,11H,2,7H2,1H3/t11-/m1/s1. The van der Waals surface area contributed by atoms with Crippen LogP contribution in [0.1, 0.15) is 24.2 Å². The molecule has 0 N–H and O–H groups in total. The third-order valence-corrected chi connectivity index (χ3v) is 3.40. The Hall–Kier alpha value is -1.52. The van der Waals surface area contributed by atoms with Crippen LogP contribution in [0.25, 0.3) is 0 Å². The summed E-state index contributed by atoms with van der Waals surface area (Å²) in [6, 6.07) is 6.80. The van der Waals surface area contributed by atoms with Gasteiger partial charge in [-0.15, -0.1) is 0 Å². The molecule has 0 aliphatic carbocycles. The maximum Gasteiger partial charge on any atom is 0.317 e. The van der Waals surface area contributed by atoms with Crippen LogP contribution < -0.4 is 0 Å². The molecule has 0 aliphatic heterocycles. The quantitative estimate of drug-likeness (QED) is 0.786. The highest BCUT2D eigenvalue weighted by Crippen LogP contribution is 2.28. The van der Waals surface area contributed by atoms with E-state index in [1.165, 1.54) is 6.20 Å². The normalized spacial score (nSPS) is 12.2. The Morgan fingerprint density at radius 2 is 2.20 bits per heavy atom. The number of aromatic nitrogens is 1. The number of carbonyl (C=O) groups is 1. The Morgan fingerprint density at radius 3 is 2.80 bits per heavy atom. The monoisotopic (exact) mass is 313 g/mol. The van der Waals surface area contributed by atoms with Crippen molar-refractivity contribution in [2.45, 2.75) is 19.3 Å². The fourth-order valence-electron chi connectivity index (χ4n) is 1.86. The first-order valence-electron chi connectivity index (χ1n) is 6.13. The van der Waals surface area contributed by atoms with Crippen LogP contribution >= 0.6 is 23.2 Å². The molecule has 4 nitrogen and oxygen atoms in total. The van der Waals surface area contributed by atoms with Gasteiger partial charge >= 0.3 is 5.97 Å². The highest BCUT2D eigenvalue weighted by atomic mass is 35.5. The number of rotatable bonds is 5. The molecule has 1 aromatic carbocycles. The highest BCUT2D eigenvalue weighted by Gasteiger charge is 2.26. The Balaban J connectivity index is 2.26. The van der Waals surface area contributed by atoms with Crippen molar-refractivity contribution in [2.24, 2.45) is 0 Å². The second-order valence-electron chi connectivity index (χ2n) is 4.16. The molecule has 0 radical (unpaired) electrons. The van der Waals surface area contributed by atoms with Gasteiger partial charge in [0, 0.05) is 16.1 Å². The van der Waals surface area contributed by atoms with Crippen molar-refractivity contribution >= 4 is 29.2 Å². The number of esters is 1. The zero-order valence-corrected chi connectivity index (χ0v) is 12.3. The molecule has 0 amide bonds. The molecule has 0 fully saturated rings. The van der Waals surface area contributed by atoms with Crippen LogP contribution in [0.15, 0.2) is 35.0 Å². The second-order valence-corrected chi connectivity index (χ2v) is 5.00. The average Bonchev–Trinajstić information content (AvgIpc) is 2.91. The predicted octanol–water partition coefficient (Wildman–Crippen LogP) is 3.87. The van der Waals surface area contributed by atoms with E-state index in [-0.39, 0.29) is 5.97 Å². The highest BCUT2D eigenvalue weighted by molar-refractivity contribution is 6.35. The summed E-state index contributed by atoms with van der Waals surface area (Å²) in [6.07, 6.45) is 1.86. The van der Waals surface area contributed by atoms with Gasteiger partial charge in [-0.2, -0.15) is 0 Å². The lowest BCUT2D eigenvalue weighted by molar-refractivity contribution is -0.145. The minimum Gasteiger partial charge on any atom is -0.465 e. The summed E-state index contributed by atoms with van der Waals surface area (Å²) in [4.78, 5) is 12.0. The number of hydrogen-bond acceptors (Lipinski definition) is 4. The second kappa shape index (κ2) is 6.77.